The molecule has 0 saturated heterocycles. The Kier molecular flexibility index (Phi) is 27.9. The number of halogens is 3. The van der Waals surface area contributed by atoms with Gasteiger partial charge in [-0.3, -0.25) is 0 Å². The van der Waals surface area contributed by atoms with E-state index in [4.69, 9.17) is 49.2 Å². The first-order chi connectivity index (χ1) is 5.95. The van der Waals surface area contributed by atoms with Crippen LogP contribution >= 0.6 is 28.3 Å². The van der Waals surface area contributed by atoms with Crippen molar-refractivity contribution in [1.82, 2.24) is 0 Å². The number of rotatable bonds is 2. The van der Waals surface area contributed by atoms with Crippen LogP contribution in [0.2, 0.25) is 0 Å². The van der Waals surface area contributed by atoms with Crippen molar-refractivity contribution in [3.8, 4) is 0 Å². The van der Waals surface area contributed by atoms with Crippen molar-refractivity contribution >= 4 is 28.3 Å². The van der Waals surface area contributed by atoms with E-state index in [1.165, 1.54) is 0 Å². The van der Waals surface area contributed by atoms with Crippen molar-refractivity contribution in [2.24, 2.45) is 5.34 Å². The van der Waals surface area contributed by atoms with Gasteiger partial charge in [-0.15, -0.1) is 11.9 Å². The average molecular weight is 435 g/mol. The monoisotopic (exact) mass is 433 g/mol. The molecule has 0 aliphatic heterocycles. The number of nitrogens with one attached hydrogen (secondary N) is 1. The Labute approximate surface area is 94.4 Å². The summed E-state index contributed by atoms with van der Waals surface area (Å²) < 4.78 is 0. The topological polar surface area (TPSA) is 96.5 Å². The third-order valence-electron chi connectivity index (χ3n) is 0.569. The molecule has 2 N–H and O–H groups in total. The fourth-order valence-corrected chi connectivity index (χ4v) is 0.102. The second kappa shape index (κ2) is 18.6. The number of aliphatic hydroxyl groups is 1. The minimum atomic E-state index is -1.85. The SMILES string of the molecule is O=N[O-].[CH2-]CC(O)C[NH-].[Cl][Pt]([Cl])[Cl]. The van der Waals surface area contributed by atoms with E-state index in [2.05, 4.69) is 6.92 Å². The molecule has 0 spiro atoms. The molecule has 0 heterocycles. The Morgan fingerprint density at radius 3 is 1.85 bits per heavy atom. The van der Waals surface area contributed by atoms with Gasteiger partial charge in [0.2, 0.25) is 0 Å². The number of nitrogens with zero attached hydrogens (tertiary/aromatic N) is 1. The standard InChI is InChI=1S/C4H9NO.3ClH.HNO2.Pt/c1-2-4(6)3-5;;;;2-1-3;/h4-6H,1-3H2;3*1H;(H,2,3);/q-2;;;;;+3/p-4. The summed E-state index contributed by atoms with van der Waals surface area (Å²) in [7, 11) is 14.9. The van der Waals surface area contributed by atoms with Crippen molar-refractivity contribution in [3.05, 3.63) is 22.8 Å². The predicted octanol–water partition coefficient (Wildman–Crippen LogP) is 2.94. The van der Waals surface area contributed by atoms with E-state index in [1.807, 2.05) is 0 Å². The Morgan fingerprint density at radius 1 is 1.62 bits per heavy atom. The van der Waals surface area contributed by atoms with Crippen LogP contribution in [0.3, 0.4) is 0 Å². The van der Waals surface area contributed by atoms with Crippen LogP contribution in [0, 0.1) is 17.0 Å². The van der Waals surface area contributed by atoms with Gasteiger partial charge in [-0.05, 0) is 0 Å². The molecule has 0 bridgehead atoms. The molecule has 0 aromatic heterocycles. The Balaban J connectivity index is -0.000000125. The molecule has 1 atom stereocenters. The number of hydrogen-bond acceptors (Lipinski definition) is 4. The average Bonchev–Trinajstić information content (AvgIpc) is 2.03. The fraction of sp³-hybridized carbons (Fsp3) is 0.750. The third-order valence-corrected chi connectivity index (χ3v) is 0.569. The van der Waals surface area contributed by atoms with Crippen LogP contribution in [-0.2, 0) is 14.2 Å². The van der Waals surface area contributed by atoms with Gasteiger partial charge in [0.05, 0.1) is 0 Å². The molecule has 0 amide bonds. The van der Waals surface area contributed by atoms with E-state index in [0.29, 0.717) is 6.42 Å². The molecule has 0 rings (SSSR count). The maximum atomic E-state index is 8.42. The van der Waals surface area contributed by atoms with Crippen LogP contribution in [0.25, 0.3) is 5.73 Å². The van der Waals surface area contributed by atoms with E-state index in [1.54, 1.807) is 0 Å². The summed E-state index contributed by atoms with van der Waals surface area (Å²) in [6.07, 6.45) is -0.0613. The first-order valence-electron chi connectivity index (χ1n) is 2.65. The number of hydrogen-bond donors (Lipinski definition) is 1. The molecule has 5 nitrogen and oxygen atoms in total. The van der Waals surface area contributed by atoms with Gasteiger partial charge in [0.1, 0.15) is 0 Å². The van der Waals surface area contributed by atoms with E-state index < -0.39 is 20.3 Å². The molecular weight excluding hydrogens is 425 g/mol. The molecule has 87 valence electrons. The van der Waals surface area contributed by atoms with Crippen molar-refractivity contribution in [2.75, 3.05) is 6.54 Å². The van der Waals surface area contributed by atoms with Gasteiger partial charge >= 0.3 is 42.4 Å². The van der Waals surface area contributed by atoms with Crippen LogP contribution in [0.15, 0.2) is 5.34 Å². The van der Waals surface area contributed by atoms with E-state index in [-0.39, 0.29) is 6.54 Å². The van der Waals surface area contributed by atoms with E-state index >= 15 is 0 Å². The zero-order chi connectivity index (χ0) is 11.3. The molecule has 1 unspecified atom stereocenters. The van der Waals surface area contributed by atoms with Gasteiger partial charge in [0, 0.05) is 6.10 Å². The van der Waals surface area contributed by atoms with Gasteiger partial charge in [-0.1, -0.05) is 0 Å². The first-order valence-corrected chi connectivity index (χ1v) is 11.1. The van der Waals surface area contributed by atoms with Crippen LogP contribution in [0.4, 0.5) is 0 Å². The fourth-order valence-electron chi connectivity index (χ4n) is 0.102. The molecule has 9 heteroatoms. The van der Waals surface area contributed by atoms with Crippen LogP contribution in [0.5, 0.6) is 0 Å². The quantitative estimate of drug-likeness (QED) is 0.411. The molecule has 13 heavy (non-hydrogen) atoms. The summed E-state index contributed by atoms with van der Waals surface area (Å²) in [6, 6.07) is 0. The summed E-state index contributed by atoms with van der Waals surface area (Å²) in [4.78, 5) is 8.00. The van der Waals surface area contributed by atoms with Crippen LogP contribution in [-0.4, -0.2) is 17.8 Å². The molecule has 0 aromatic rings. The first kappa shape index (κ1) is 19.5. The Hall–Kier alpha value is 0.878. The predicted molar refractivity (Wildman–Crippen MR) is 51.9 cm³/mol. The second-order valence-electron chi connectivity index (χ2n) is 1.36. The van der Waals surface area contributed by atoms with Crippen molar-refractivity contribution in [1.29, 1.82) is 0 Å². The molecule has 0 aliphatic carbocycles. The second-order valence-corrected chi connectivity index (χ2v) is 11.2. The van der Waals surface area contributed by atoms with Crippen molar-refractivity contribution in [3.63, 3.8) is 0 Å². The van der Waals surface area contributed by atoms with Crippen LogP contribution < -0.4 is 0 Å². The van der Waals surface area contributed by atoms with Crippen LogP contribution in [0.1, 0.15) is 6.42 Å². The summed E-state index contributed by atoms with van der Waals surface area (Å²) in [5.74, 6) is 0. The Morgan fingerprint density at radius 2 is 1.85 bits per heavy atom. The zero-order valence-corrected chi connectivity index (χ0v) is 10.9. The molecular formula is C4H9Cl3N2O3Pt-3. The van der Waals surface area contributed by atoms with Gasteiger partial charge in [0.15, 0.2) is 0 Å². The van der Waals surface area contributed by atoms with Gasteiger partial charge in [-0.25, -0.2) is 0 Å². The normalized spacial score (nSPS) is 11.1. The number of aliphatic hydroxyl groups excluding tert-OH is 1. The van der Waals surface area contributed by atoms with Crippen molar-refractivity contribution < 1.29 is 19.3 Å². The van der Waals surface area contributed by atoms with Gasteiger partial charge in [0.25, 0.3) is 0 Å². The molecule has 0 saturated carbocycles. The van der Waals surface area contributed by atoms with E-state index in [0.717, 1.165) is 5.34 Å². The molecule has 0 radical (unpaired) electrons. The molecule has 0 aromatic carbocycles. The summed E-state index contributed by atoms with van der Waals surface area (Å²) in [6.45, 7) is 3.46. The molecule has 0 fully saturated rings. The third kappa shape index (κ3) is 64.0. The van der Waals surface area contributed by atoms with Crippen molar-refractivity contribution in [2.45, 2.75) is 12.5 Å². The van der Waals surface area contributed by atoms with Gasteiger partial charge in [-0.2, -0.15) is 6.42 Å². The summed E-state index contributed by atoms with van der Waals surface area (Å²) >= 11 is -1.85. The molecule has 0 aliphatic rings. The van der Waals surface area contributed by atoms with Gasteiger partial charge < -0.3 is 27.9 Å². The minimum absolute atomic E-state index is 0.0729. The maximum absolute atomic E-state index is 8.42. The van der Waals surface area contributed by atoms with E-state index in [9.17, 15) is 0 Å². The summed E-state index contributed by atoms with van der Waals surface area (Å²) in [5, 5.41) is 17.4. The Bertz CT molecular complexity index is 93.9. The summed E-state index contributed by atoms with van der Waals surface area (Å²) in [5.41, 5.74) is 6.52. The zero-order valence-electron chi connectivity index (χ0n) is 6.36.